The molecule has 0 N–H and O–H groups in total. The van der Waals surface area contributed by atoms with Crippen LogP contribution >= 0.6 is 0 Å². The standard InChI is InChI=1S/C22H27F2N7O/c1-2-28-7-9-29(10-8-28)18-15-19(30-11-13-32-14-12-30)27-22(26-18)31-17-6-4-3-5-16(17)25-21(31)20(23)24/h3-6,15,20H,2,7-14H2,1H3. The second-order valence-corrected chi connectivity index (χ2v) is 8.00. The van der Waals surface area contributed by atoms with Gasteiger partial charge in [-0.05, 0) is 18.7 Å². The van der Waals surface area contributed by atoms with Gasteiger partial charge in [0, 0.05) is 45.3 Å². The van der Waals surface area contributed by atoms with Gasteiger partial charge in [0.2, 0.25) is 5.95 Å². The molecule has 1 aromatic carbocycles. The summed E-state index contributed by atoms with van der Waals surface area (Å²) in [6.07, 6.45) is -2.74. The number of ether oxygens (including phenoxy) is 1. The molecule has 0 aliphatic carbocycles. The predicted octanol–water partition coefficient (Wildman–Crippen LogP) is 2.73. The fraction of sp³-hybridized carbons (Fsp3) is 0.500. The van der Waals surface area contributed by atoms with Crippen molar-refractivity contribution < 1.29 is 13.5 Å². The van der Waals surface area contributed by atoms with E-state index in [1.807, 2.05) is 12.1 Å². The number of imidazole rings is 1. The van der Waals surface area contributed by atoms with Gasteiger partial charge in [0.25, 0.3) is 6.43 Å². The van der Waals surface area contributed by atoms with E-state index in [-0.39, 0.29) is 11.8 Å². The molecule has 5 rings (SSSR count). The second kappa shape index (κ2) is 8.95. The zero-order valence-electron chi connectivity index (χ0n) is 18.1. The summed E-state index contributed by atoms with van der Waals surface area (Å²) < 4.78 is 34.8. The lowest BCUT2D eigenvalue weighted by atomic mass is 10.3. The minimum Gasteiger partial charge on any atom is -0.378 e. The number of fused-ring (bicyclic) bond motifs is 1. The summed E-state index contributed by atoms with van der Waals surface area (Å²) in [6, 6.07) is 9.08. The highest BCUT2D eigenvalue weighted by molar-refractivity contribution is 5.78. The summed E-state index contributed by atoms with van der Waals surface area (Å²) in [5.41, 5.74) is 1.07. The quantitative estimate of drug-likeness (QED) is 0.601. The van der Waals surface area contributed by atoms with Gasteiger partial charge < -0.3 is 19.4 Å². The molecule has 2 aliphatic rings. The lowest BCUT2D eigenvalue weighted by molar-refractivity contribution is 0.122. The van der Waals surface area contributed by atoms with E-state index >= 15 is 0 Å². The molecule has 0 saturated carbocycles. The topological polar surface area (TPSA) is 62.6 Å². The van der Waals surface area contributed by atoms with Crippen LogP contribution in [0.2, 0.25) is 0 Å². The molecule has 2 saturated heterocycles. The molecule has 8 nitrogen and oxygen atoms in total. The summed E-state index contributed by atoms with van der Waals surface area (Å²) in [4.78, 5) is 20.4. The van der Waals surface area contributed by atoms with Crippen molar-refractivity contribution in [1.29, 1.82) is 0 Å². The van der Waals surface area contributed by atoms with Crippen molar-refractivity contribution in [3.8, 4) is 5.95 Å². The highest BCUT2D eigenvalue weighted by atomic mass is 19.3. The number of alkyl halides is 2. The molecule has 3 aromatic rings. The highest BCUT2D eigenvalue weighted by Crippen LogP contribution is 2.29. The molecular weight excluding hydrogens is 416 g/mol. The van der Waals surface area contributed by atoms with E-state index in [1.165, 1.54) is 4.57 Å². The first kappa shape index (κ1) is 21.0. The van der Waals surface area contributed by atoms with E-state index in [2.05, 4.69) is 26.6 Å². The van der Waals surface area contributed by atoms with Crippen molar-refractivity contribution in [2.75, 3.05) is 68.8 Å². The Balaban J connectivity index is 1.62. The minimum atomic E-state index is -2.74. The van der Waals surface area contributed by atoms with Crippen LogP contribution in [0.3, 0.4) is 0 Å². The van der Waals surface area contributed by atoms with Gasteiger partial charge in [0.05, 0.1) is 24.2 Å². The van der Waals surface area contributed by atoms with Crippen molar-refractivity contribution >= 4 is 22.7 Å². The minimum absolute atomic E-state index is 0.228. The zero-order valence-corrected chi connectivity index (χ0v) is 18.1. The normalized spacial score (nSPS) is 18.1. The average Bonchev–Trinajstić information content (AvgIpc) is 3.24. The van der Waals surface area contributed by atoms with Gasteiger partial charge in [0.1, 0.15) is 11.6 Å². The maximum Gasteiger partial charge on any atom is 0.296 e. The molecule has 2 aliphatic heterocycles. The molecule has 0 unspecified atom stereocenters. The van der Waals surface area contributed by atoms with E-state index < -0.39 is 6.43 Å². The Kier molecular flexibility index (Phi) is 5.88. The molecule has 0 spiro atoms. The molecule has 2 fully saturated rings. The van der Waals surface area contributed by atoms with Gasteiger partial charge in [0.15, 0.2) is 5.82 Å². The van der Waals surface area contributed by atoms with Crippen LogP contribution < -0.4 is 9.80 Å². The number of nitrogens with zero attached hydrogens (tertiary/aromatic N) is 7. The molecule has 4 heterocycles. The maximum absolute atomic E-state index is 14.0. The lowest BCUT2D eigenvalue weighted by Gasteiger charge is -2.35. The van der Waals surface area contributed by atoms with Crippen LogP contribution in [0.5, 0.6) is 0 Å². The first-order chi connectivity index (χ1) is 15.6. The van der Waals surface area contributed by atoms with Gasteiger partial charge in [-0.15, -0.1) is 0 Å². The van der Waals surface area contributed by atoms with Crippen LogP contribution in [0.15, 0.2) is 30.3 Å². The Labute approximate surface area is 185 Å². The Morgan fingerprint density at radius 3 is 2.22 bits per heavy atom. The van der Waals surface area contributed by atoms with E-state index in [0.717, 1.165) is 44.4 Å². The molecular formula is C22H27F2N7O. The third-order valence-electron chi connectivity index (χ3n) is 6.15. The summed E-state index contributed by atoms with van der Waals surface area (Å²) >= 11 is 0. The van der Waals surface area contributed by atoms with E-state index in [4.69, 9.17) is 14.7 Å². The van der Waals surface area contributed by atoms with Gasteiger partial charge >= 0.3 is 0 Å². The predicted molar refractivity (Wildman–Crippen MR) is 119 cm³/mol. The average molecular weight is 444 g/mol. The number of hydrogen-bond acceptors (Lipinski definition) is 7. The monoisotopic (exact) mass is 443 g/mol. The zero-order chi connectivity index (χ0) is 22.1. The van der Waals surface area contributed by atoms with Crippen molar-refractivity contribution in [1.82, 2.24) is 24.4 Å². The highest BCUT2D eigenvalue weighted by Gasteiger charge is 2.25. The summed E-state index contributed by atoms with van der Waals surface area (Å²) in [5, 5.41) is 0. The third-order valence-corrected chi connectivity index (χ3v) is 6.15. The number of likely N-dealkylation sites (N-methyl/N-ethyl adjacent to an activating group) is 1. The Morgan fingerprint density at radius 2 is 1.56 bits per heavy atom. The fourth-order valence-corrected chi connectivity index (χ4v) is 4.32. The van der Waals surface area contributed by atoms with Crippen molar-refractivity contribution in [3.63, 3.8) is 0 Å². The number of benzene rings is 1. The number of anilines is 2. The number of aromatic nitrogens is 4. The second-order valence-electron chi connectivity index (χ2n) is 8.00. The molecule has 10 heteroatoms. The summed E-state index contributed by atoms with van der Waals surface area (Å²) in [7, 11) is 0. The molecule has 0 bridgehead atoms. The lowest BCUT2D eigenvalue weighted by Crippen LogP contribution is -2.46. The van der Waals surface area contributed by atoms with Gasteiger partial charge in [-0.1, -0.05) is 19.1 Å². The van der Waals surface area contributed by atoms with E-state index in [1.54, 1.807) is 18.2 Å². The van der Waals surface area contributed by atoms with Crippen LogP contribution in [0.4, 0.5) is 20.4 Å². The Bertz CT molecular complexity index is 1080. The molecule has 0 atom stereocenters. The first-order valence-electron chi connectivity index (χ1n) is 11.1. The number of morpholine rings is 1. The Morgan fingerprint density at radius 1 is 0.906 bits per heavy atom. The fourth-order valence-electron chi connectivity index (χ4n) is 4.32. The van der Waals surface area contributed by atoms with E-state index in [9.17, 15) is 8.78 Å². The third kappa shape index (κ3) is 4.00. The smallest absolute Gasteiger partial charge is 0.296 e. The first-order valence-corrected chi connectivity index (χ1v) is 11.1. The summed E-state index contributed by atoms with van der Waals surface area (Å²) in [5.74, 6) is 1.37. The van der Waals surface area contributed by atoms with Crippen LogP contribution in [0.1, 0.15) is 19.2 Å². The maximum atomic E-state index is 14.0. The number of halogens is 2. The van der Waals surface area contributed by atoms with E-state index in [0.29, 0.717) is 37.3 Å². The number of hydrogen-bond donors (Lipinski definition) is 0. The van der Waals surface area contributed by atoms with Crippen molar-refractivity contribution in [2.45, 2.75) is 13.3 Å². The molecule has 32 heavy (non-hydrogen) atoms. The number of rotatable bonds is 5. The van der Waals surface area contributed by atoms with Gasteiger partial charge in [-0.2, -0.15) is 9.97 Å². The Hall–Kier alpha value is -2.85. The van der Waals surface area contributed by atoms with Crippen LogP contribution in [-0.4, -0.2) is 83.4 Å². The molecule has 2 aromatic heterocycles. The molecule has 0 radical (unpaired) electrons. The molecule has 0 amide bonds. The molecule has 170 valence electrons. The SMILES string of the molecule is CCN1CCN(c2cc(N3CCOCC3)nc(-n3c(C(F)F)nc4ccccc43)n2)CC1. The van der Waals surface area contributed by atoms with Crippen LogP contribution in [-0.2, 0) is 4.74 Å². The van der Waals surface area contributed by atoms with Crippen molar-refractivity contribution in [3.05, 3.63) is 36.2 Å². The summed E-state index contributed by atoms with van der Waals surface area (Å²) in [6.45, 7) is 9.35. The number of para-hydroxylation sites is 2. The largest absolute Gasteiger partial charge is 0.378 e. The van der Waals surface area contributed by atoms with Crippen LogP contribution in [0, 0.1) is 0 Å². The van der Waals surface area contributed by atoms with Gasteiger partial charge in [-0.25, -0.2) is 13.8 Å². The van der Waals surface area contributed by atoms with Crippen molar-refractivity contribution in [2.24, 2.45) is 0 Å². The number of piperazine rings is 1. The van der Waals surface area contributed by atoms with Crippen LogP contribution in [0.25, 0.3) is 17.0 Å². The van der Waals surface area contributed by atoms with Gasteiger partial charge in [-0.3, -0.25) is 4.57 Å².